The van der Waals surface area contributed by atoms with E-state index >= 15 is 0 Å². The summed E-state index contributed by atoms with van der Waals surface area (Å²) in [6, 6.07) is 15.0. The fraction of sp³-hybridized carbons (Fsp3) is 0.312. The van der Waals surface area contributed by atoms with Gasteiger partial charge in [-0.1, -0.05) is 30.3 Å². The number of fused-ring (bicyclic) bond motifs is 1. The summed E-state index contributed by atoms with van der Waals surface area (Å²) in [4.78, 5) is 4.39. The first kappa shape index (κ1) is 12.3. The van der Waals surface area contributed by atoms with Crippen LogP contribution in [0.1, 0.15) is 16.8 Å². The maximum Gasteiger partial charge on any atom is 0.0419 e. The van der Waals surface area contributed by atoms with Crippen molar-refractivity contribution in [1.29, 1.82) is 0 Å². The second-order valence-corrected chi connectivity index (χ2v) is 5.24. The summed E-state index contributed by atoms with van der Waals surface area (Å²) in [5.74, 6) is 6.32. The Morgan fingerprint density at radius 1 is 1.11 bits per heavy atom. The van der Waals surface area contributed by atoms with Crippen molar-refractivity contribution in [2.45, 2.75) is 25.3 Å². The van der Waals surface area contributed by atoms with Crippen molar-refractivity contribution < 1.29 is 0 Å². The fourth-order valence-corrected chi connectivity index (χ4v) is 2.98. The lowest BCUT2D eigenvalue weighted by atomic mass is 9.93. The van der Waals surface area contributed by atoms with Crippen molar-refractivity contribution in [3.8, 4) is 0 Å². The summed E-state index contributed by atoms with van der Waals surface area (Å²) in [7, 11) is 0. The van der Waals surface area contributed by atoms with Crippen LogP contribution in [0.3, 0.4) is 0 Å². The van der Waals surface area contributed by atoms with Crippen LogP contribution in [-0.4, -0.2) is 11.0 Å². The minimum absolute atomic E-state index is 0.280. The lowest BCUT2D eigenvalue weighted by Gasteiger charge is -2.22. The molecule has 1 aliphatic rings. The first-order valence-electron chi connectivity index (χ1n) is 6.79. The highest BCUT2D eigenvalue weighted by molar-refractivity contribution is 5.32. The molecule has 19 heavy (non-hydrogen) atoms. The summed E-state index contributed by atoms with van der Waals surface area (Å²) in [6.07, 6.45) is 4.94. The van der Waals surface area contributed by atoms with E-state index in [-0.39, 0.29) is 6.04 Å². The van der Waals surface area contributed by atoms with Gasteiger partial charge in [-0.05, 0) is 42.0 Å². The normalized spacial score (nSPS) is 16.3. The molecule has 1 unspecified atom stereocenters. The van der Waals surface area contributed by atoms with Crippen LogP contribution in [0.25, 0.3) is 0 Å². The Kier molecular flexibility index (Phi) is 3.58. The molecule has 1 aromatic heterocycles. The first-order chi connectivity index (χ1) is 9.36. The van der Waals surface area contributed by atoms with Crippen molar-refractivity contribution >= 4 is 0 Å². The number of hydrogen-bond acceptors (Lipinski definition) is 3. The van der Waals surface area contributed by atoms with Gasteiger partial charge in [-0.3, -0.25) is 16.3 Å². The van der Waals surface area contributed by atoms with Crippen LogP contribution in [0.15, 0.2) is 48.7 Å². The van der Waals surface area contributed by atoms with Crippen LogP contribution in [-0.2, 0) is 19.3 Å². The van der Waals surface area contributed by atoms with Crippen LogP contribution in [0.5, 0.6) is 0 Å². The molecule has 3 heteroatoms. The Morgan fingerprint density at radius 3 is 2.37 bits per heavy atom. The number of rotatable bonds is 4. The van der Waals surface area contributed by atoms with Gasteiger partial charge in [-0.25, -0.2) is 0 Å². The number of nitrogens with two attached hydrogens (primary N) is 1. The second-order valence-electron chi connectivity index (χ2n) is 5.24. The van der Waals surface area contributed by atoms with Crippen molar-refractivity contribution in [1.82, 2.24) is 10.4 Å². The molecule has 0 saturated carbocycles. The highest BCUT2D eigenvalue weighted by Crippen LogP contribution is 2.29. The van der Waals surface area contributed by atoms with Crippen LogP contribution >= 0.6 is 0 Å². The van der Waals surface area contributed by atoms with E-state index in [4.69, 9.17) is 5.84 Å². The standard InChI is InChI=1S/C16H19N3/c17-19-16(11-15-7-3-4-8-18-15)14-9-12-5-1-2-6-13(12)10-14/h1-8,14,16,19H,9-11,17H2. The number of benzene rings is 1. The van der Waals surface area contributed by atoms with E-state index < -0.39 is 0 Å². The second kappa shape index (κ2) is 5.51. The molecule has 3 nitrogen and oxygen atoms in total. The van der Waals surface area contributed by atoms with Gasteiger partial charge in [0.15, 0.2) is 0 Å². The Balaban J connectivity index is 1.71. The van der Waals surface area contributed by atoms with Crippen LogP contribution in [0.2, 0.25) is 0 Å². The summed E-state index contributed by atoms with van der Waals surface area (Å²) in [5.41, 5.74) is 7.02. The van der Waals surface area contributed by atoms with Crippen molar-refractivity contribution in [2.75, 3.05) is 0 Å². The monoisotopic (exact) mass is 253 g/mol. The van der Waals surface area contributed by atoms with Gasteiger partial charge in [-0.2, -0.15) is 0 Å². The molecule has 0 radical (unpaired) electrons. The van der Waals surface area contributed by atoms with Gasteiger partial charge >= 0.3 is 0 Å². The molecule has 3 rings (SSSR count). The predicted molar refractivity (Wildman–Crippen MR) is 76.4 cm³/mol. The molecule has 3 N–H and O–H groups in total. The summed E-state index contributed by atoms with van der Waals surface area (Å²) < 4.78 is 0. The maximum atomic E-state index is 5.76. The third-order valence-electron chi connectivity index (χ3n) is 4.02. The highest BCUT2D eigenvalue weighted by atomic mass is 15.2. The number of nitrogens with zero attached hydrogens (tertiary/aromatic N) is 1. The zero-order valence-electron chi connectivity index (χ0n) is 10.9. The zero-order chi connectivity index (χ0) is 13.1. The fourth-order valence-electron chi connectivity index (χ4n) is 2.98. The molecule has 98 valence electrons. The quantitative estimate of drug-likeness (QED) is 0.646. The van der Waals surface area contributed by atoms with E-state index in [1.54, 1.807) is 0 Å². The van der Waals surface area contributed by atoms with Gasteiger partial charge in [0.1, 0.15) is 0 Å². The molecule has 0 saturated heterocycles. The van der Waals surface area contributed by atoms with Crippen LogP contribution in [0.4, 0.5) is 0 Å². The van der Waals surface area contributed by atoms with Gasteiger partial charge in [0.2, 0.25) is 0 Å². The topological polar surface area (TPSA) is 50.9 Å². The predicted octanol–water partition coefficient (Wildman–Crippen LogP) is 1.87. The Hall–Kier alpha value is -1.71. The SMILES string of the molecule is NNC(Cc1ccccn1)C1Cc2ccccc2C1. The first-order valence-corrected chi connectivity index (χ1v) is 6.79. The van der Waals surface area contributed by atoms with Crippen LogP contribution in [0, 0.1) is 5.92 Å². The Labute approximate surface area is 113 Å². The number of aromatic nitrogens is 1. The molecular formula is C16H19N3. The van der Waals surface area contributed by atoms with E-state index in [0.29, 0.717) is 5.92 Å². The van der Waals surface area contributed by atoms with Crippen molar-refractivity contribution in [2.24, 2.45) is 11.8 Å². The Bertz CT molecular complexity index is 514. The van der Waals surface area contributed by atoms with E-state index in [9.17, 15) is 0 Å². The lowest BCUT2D eigenvalue weighted by Crippen LogP contribution is -2.43. The molecule has 0 aliphatic heterocycles. The zero-order valence-corrected chi connectivity index (χ0v) is 10.9. The van der Waals surface area contributed by atoms with E-state index in [1.165, 1.54) is 11.1 Å². The minimum Gasteiger partial charge on any atom is -0.271 e. The molecule has 1 heterocycles. The van der Waals surface area contributed by atoms with Crippen LogP contribution < -0.4 is 11.3 Å². The molecule has 0 fully saturated rings. The summed E-state index contributed by atoms with van der Waals surface area (Å²) >= 11 is 0. The maximum absolute atomic E-state index is 5.76. The van der Waals surface area contributed by atoms with Gasteiger partial charge in [0.05, 0.1) is 0 Å². The lowest BCUT2D eigenvalue weighted by molar-refractivity contribution is 0.364. The van der Waals surface area contributed by atoms with Crippen molar-refractivity contribution in [3.63, 3.8) is 0 Å². The molecule has 0 bridgehead atoms. The average molecular weight is 253 g/mol. The molecular weight excluding hydrogens is 234 g/mol. The molecule has 1 atom stereocenters. The largest absolute Gasteiger partial charge is 0.271 e. The van der Waals surface area contributed by atoms with Gasteiger partial charge in [0.25, 0.3) is 0 Å². The van der Waals surface area contributed by atoms with Gasteiger partial charge < -0.3 is 0 Å². The highest BCUT2D eigenvalue weighted by Gasteiger charge is 2.28. The number of nitrogens with one attached hydrogen (secondary N) is 1. The minimum atomic E-state index is 0.280. The molecule has 0 spiro atoms. The third kappa shape index (κ3) is 2.67. The number of hydrazine groups is 1. The van der Waals surface area contributed by atoms with Gasteiger partial charge in [0, 0.05) is 24.4 Å². The van der Waals surface area contributed by atoms with E-state index in [1.807, 2.05) is 18.3 Å². The number of pyridine rings is 1. The average Bonchev–Trinajstić information content (AvgIpc) is 2.89. The molecule has 0 amide bonds. The van der Waals surface area contributed by atoms with Gasteiger partial charge in [-0.15, -0.1) is 0 Å². The van der Waals surface area contributed by atoms with E-state index in [0.717, 1.165) is 25.0 Å². The molecule has 1 aliphatic carbocycles. The van der Waals surface area contributed by atoms with Crippen molar-refractivity contribution in [3.05, 3.63) is 65.5 Å². The molecule has 2 aromatic rings. The molecule has 1 aromatic carbocycles. The number of hydrogen-bond donors (Lipinski definition) is 2. The van der Waals surface area contributed by atoms with E-state index in [2.05, 4.69) is 40.7 Å². The summed E-state index contributed by atoms with van der Waals surface area (Å²) in [5, 5.41) is 0. The summed E-state index contributed by atoms with van der Waals surface area (Å²) in [6.45, 7) is 0. The third-order valence-corrected chi connectivity index (χ3v) is 4.02. The smallest absolute Gasteiger partial charge is 0.0419 e. The Morgan fingerprint density at radius 2 is 1.79 bits per heavy atom.